The van der Waals surface area contributed by atoms with E-state index >= 15 is 0 Å². The van der Waals surface area contributed by atoms with Crippen LogP contribution in [0.2, 0.25) is 0 Å². The van der Waals surface area contributed by atoms with Crippen LogP contribution in [-0.2, 0) is 16.4 Å². The summed E-state index contributed by atoms with van der Waals surface area (Å²) in [7, 11) is -3.58. The van der Waals surface area contributed by atoms with Crippen LogP contribution in [0.25, 0.3) is 10.6 Å². The zero-order valence-corrected chi connectivity index (χ0v) is 13.5. The lowest BCUT2D eigenvalue weighted by molar-refractivity contribution is 0.506. The molecule has 2 N–H and O–H groups in total. The first kappa shape index (κ1) is 15.7. The van der Waals surface area contributed by atoms with Crippen molar-refractivity contribution in [3.05, 3.63) is 58.8 Å². The summed E-state index contributed by atoms with van der Waals surface area (Å²) in [5.41, 5.74) is 0.212. The molecule has 0 aromatic carbocycles. The molecule has 3 aromatic rings. The third-order valence-corrected chi connectivity index (χ3v) is 6.08. The van der Waals surface area contributed by atoms with Gasteiger partial charge in [-0.3, -0.25) is 4.79 Å². The minimum atomic E-state index is -3.58. The third kappa shape index (κ3) is 3.76. The van der Waals surface area contributed by atoms with Crippen molar-refractivity contribution in [2.45, 2.75) is 10.6 Å². The summed E-state index contributed by atoms with van der Waals surface area (Å²) in [5.74, 6) is 0.719. The van der Waals surface area contributed by atoms with Gasteiger partial charge >= 0.3 is 0 Å². The summed E-state index contributed by atoms with van der Waals surface area (Å²) in [4.78, 5) is 11.7. The van der Waals surface area contributed by atoms with E-state index < -0.39 is 10.0 Å². The predicted octanol–water partition coefficient (Wildman–Crippen LogP) is 1.61. The van der Waals surface area contributed by atoms with Gasteiger partial charge in [0.1, 0.15) is 15.7 Å². The predicted molar refractivity (Wildman–Crippen MR) is 85.8 cm³/mol. The number of hydrogen-bond donors (Lipinski definition) is 2. The van der Waals surface area contributed by atoms with E-state index in [4.69, 9.17) is 4.42 Å². The number of nitrogens with one attached hydrogen (secondary N) is 2. The molecular formula is C14H13N3O4S2. The molecular weight excluding hydrogens is 338 g/mol. The lowest BCUT2D eigenvalue weighted by Crippen LogP contribution is -2.25. The van der Waals surface area contributed by atoms with Crippen LogP contribution in [-0.4, -0.2) is 25.2 Å². The van der Waals surface area contributed by atoms with E-state index in [1.165, 1.54) is 12.1 Å². The second-order valence-corrected chi connectivity index (χ2v) is 7.73. The standard InChI is InChI=1S/C14H13N3O4S2/c18-13-5-3-11(16-17-13)12-4-6-14(22-12)23(19,20)15-8-7-10-2-1-9-21-10/h1-6,9,15H,7-8H2,(H,17,18). The van der Waals surface area contributed by atoms with Crippen molar-refractivity contribution in [1.82, 2.24) is 14.9 Å². The number of aromatic amines is 1. The Morgan fingerprint density at radius 2 is 2.09 bits per heavy atom. The SMILES string of the molecule is O=c1ccc(-c2ccc(S(=O)(=O)NCCc3ccco3)s2)n[nH]1. The van der Waals surface area contributed by atoms with Gasteiger partial charge in [0.15, 0.2) is 0 Å². The molecule has 0 fully saturated rings. The van der Waals surface area contributed by atoms with Crippen LogP contribution in [0.5, 0.6) is 0 Å². The Morgan fingerprint density at radius 3 is 2.78 bits per heavy atom. The number of sulfonamides is 1. The van der Waals surface area contributed by atoms with E-state index in [0.717, 1.165) is 17.1 Å². The number of hydrogen-bond acceptors (Lipinski definition) is 6. The largest absolute Gasteiger partial charge is 0.469 e. The number of thiophene rings is 1. The van der Waals surface area contributed by atoms with Gasteiger partial charge in [-0.05, 0) is 30.3 Å². The topological polar surface area (TPSA) is 105 Å². The fourth-order valence-electron chi connectivity index (χ4n) is 1.92. The van der Waals surface area contributed by atoms with Gasteiger partial charge in [-0.25, -0.2) is 18.2 Å². The average molecular weight is 351 g/mol. The van der Waals surface area contributed by atoms with Crippen molar-refractivity contribution in [3.63, 3.8) is 0 Å². The van der Waals surface area contributed by atoms with E-state index in [9.17, 15) is 13.2 Å². The molecule has 0 saturated heterocycles. The summed E-state index contributed by atoms with van der Waals surface area (Å²) >= 11 is 1.09. The molecule has 0 unspecified atom stereocenters. The maximum absolute atomic E-state index is 12.2. The molecule has 0 aliphatic heterocycles. The first-order valence-corrected chi connectivity index (χ1v) is 9.02. The number of furan rings is 1. The zero-order chi connectivity index (χ0) is 16.3. The molecule has 3 aromatic heterocycles. The fourth-order valence-corrected chi connectivity index (χ4v) is 4.27. The Kier molecular flexibility index (Phi) is 4.42. The van der Waals surface area contributed by atoms with E-state index in [-0.39, 0.29) is 16.3 Å². The Labute approximate surface area is 136 Å². The van der Waals surface area contributed by atoms with Crippen LogP contribution in [0.3, 0.4) is 0 Å². The first-order valence-electron chi connectivity index (χ1n) is 6.72. The highest BCUT2D eigenvalue weighted by Gasteiger charge is 2.17. The van der Waals surface area contributed by atoms with Crippen LogP contribution in [0.15, 0.2) is 56.1 Å². The molecule has 120 valence electrons. The molecule has 9 heteroatoms. The van der Waals surface area contributed by atoms with Crippen molar-refractivity contribution in [3.8, 4) is 10.6 Å². The maximum Gasteiger partial charge on any atom is 0.264 e. The third-order valence-electron chi connectivity index (χ3n) is 3.02. The fraction of sp³-hybridized carbons (Fsp3) is 0.143. The first-order chi connectivity index (χ1) is 11.0. The molecule has 0 bridgehead atoms. The highest BCUT2D eigenvalue weighted by Crippen LogP contribution is 2.28. The summed E-state index contributed by atoms with van der Waals surface area (Å²) in [6.07, 6.45) is 2.03. The molecule has 0 aliphatic rings. The average Bonchev–Trinajstić information content (AvgIpc) is 3.19. The Hall–Kier alpha value is -2.23. The number of H-pyrrole nitrogens is 1. The molecule has 3 heterocycles. The monoisotopic (exact) mass is 351 g/mol. The molecule has 3 rings (SSSR count). The highest BCUT2D eigenvalue weighted by molar-refractivity contribution is 7.91. The van der Waals surface area contributed by atoms with Gasteiger partial charge in [0.25, 0.3) is 5.56 Å². The van der Waals surface area contributed by atoms with Crippen LogP contribution in [0, 0.1) is 0 Å². The van der Waals surface area contributed by atoms with Crippen molar-refractivity contribution in [2.24, 2.45) is 0 Å². The zero-order valence-electron chi connectivity index (χ0n) is 11.9. The molecule has 0 spiro atoms. The van der Waals surface area contributed by atoms with Gasteiger partial charge in [0.2, 0.25) is 10.0 Å². The van der Waals surface area contributed by atoms with Crippen LogP contribution in [0.1, 0.15) is 5.76 Å². The van der Waals surface area contributed by atoms with Gasteiger partial charge in [-0.1, -0.05) is 0 Å². The molecule has 23 heavy (non-hydrogen) atoms. The van der Waals surface area contributed by atoms with E-state index in [2.05, 4.69) is 14.9 Å². The molecule has 0 saturated carbocycles. The second-order valence-electron chi connectivity index (χ2n) is 4.65. The van der Waals surface area contributed by atoms with E-state index in [0.29, 0.717) is 17.0 Å². The molecule has 7 nitrogen and oxygen atoms in total. The highest BCUT2D eigenvalue weighted by atomic mass is 32.2. The summed E-state index contributed by atoms with van der Waals surface area (Å²) < 4.78 is 32.4. The van der Waals surface area contributed by atoms with Crippen molar-refractivity contribution in [2.75, 3.05) is 6.54 Å². The number of aromatic nitrogens is 2. The summed E-state index contributed by atoms with van der Waals surface area (Å²) in [6.45, 7) is 0.250. The normalized spacial score (nSPS) is 11.7. The summed E-state index contributed by atoms with van der Waals surface area (Å²) in [6, 6.07) is 9.61. The smallest absolute Gasteiger partial charge is 0.264 e. The van der Waals surface area contributed by atoms with Crippen molar-refractivity contribution < 1.29 is 12.8 Å². The molecule has 0 aliphatic carbocycles. The number of rotatable bonds is 6. The lowest BCUT2D eigenvalue weighted by Gasteiger charge is -2.03. The van der Waals surface area contributed by atoms with Gasteiger partial charge in [0.05, 0.1) is 11.1 Å². The van der Waals surface area contributed by atoms with Gasteiger partial charge in [-0.15, -0.1) is 11.3 Å². The maximum atomic E-state index is 12.2. The molecule has 0 atom stereocenters. The minimum absolute atomic E-state index is 0.194. The lowest BCUT2D eigenvalue weighted by atomic mass is 10.3. The summed E-state index contributed by atoms with van der Waals surface area (Å²) in [5, 5.41) is 6.21. The van der Waals surface area contributed by atoms with Crippen LogP contribution < -0.4 is 10.3 Å². The Morgan fingerprint density at radius 1 is 1.22 bits per heavy atom. The van der Waals surface area contributed by atoms with Crippen molar-refractivity contribution >= 4 is 21.4 Å². The van der Waals surface area contributed by atoms with Crippen LogP contribution in [0.4, 0.5) is 0 Å². The quantitative estimate of drug-likeness (QED) is 0.702. The molecule has 0 radical (unpaired) electrons. The minimum Gasteiger partial charge on any atom is -0.469 e. The van der Waals surface area contributed by atoms with E-state index in [1.54, 1.807) is 30.5 Å². The Balaban J connectivity index is 1.70. The van der Waals surface area contributed by atoms with Gasteiger partial charge in [0, 0.05) is 19.0 Å². The van der Waals surface area contributed by atoms with Crippen LogP contribution >= 0.6 is 11.3 Å². The van der Waals surface area contributed by atoms with Gasteiger partial charge in [-0.2, -0.15) is 5.10 Å². The van der Waals surface area contributed by atoms with E-state index in [1.807, 2.05) is 0 Å². The molecule has 0 amide bonds. The second kappa shape index (κ2) is 6.49. The van der Waals surface area contributed by atoms with Gasteiger partial charge < -0.3 is 4.42 Å². The number of nitrogens with zero attached hydrogens (tertiary/aromatic N) is 1. The van der Waals surface area contributed by atoms with Crippen molar-refractivity contribution in [1.29, 1.82) is 0 Å². The Bertz CT molecular complexity index is 922.